The van der Waals surface area contributed by atoms with Gasteiger partial charge in [-0.25, -0.2) is 0 Å². The molecule has 0 heterocycles. The molecule has 0 aromatic heterocycles. The van der Waals surface area contributed by atoms with Gasteiger partial charge in [-0.2, -0.15) is 0 Å². The number of halogens is 1. The summed E-state index contributed by atoms with van der Waals surface area (Å²) in [6.45, 7) is 2.61. The van der Waals surface area contributed by atoms with Crippen molar-refractivity contribution in [2.24, 2.45) is 5.73 Å². The van der Waals surface area contributed by atoms with Crippen molar-refractivity contribution in [3.8, 4) is 5.75 Å². The first kappa shape index (κ1) is 13.8. The zero-order valence-corrected chi connectivity index (χ0v) is 10.5. The number of benzene rings is 1. The molecule has 0 saturated heterocycles. The second-order valence-corrected chi connectivity index (χ2v) is 4.20. The second kappa shape index (κ2) is 7.14. The summed E-state index contributed by atoms with van der Waals surface area (Å²) in [5, 5.41) is 3.37. The van der Waals surface area contributed by atoms with E-state index in [9.17, 15) is 4.79 Å². The molecule has 0 spiro atoms. The largest absolute Gasteiger partial charge is 0.493 e. The fourth-order valence-corrected chi connectivity index (χ4v) is 1.40. The van der Waals surface area contributed by atoms with Crippen LogP contribution in [0.1, 0.15) is 13.3 Å². The van der Waals surface area contributed by atoms with E-state index in [0.717, 1.165) is 0 Å². The highest BCUT2D eigenvalue weighted by atomic mass is 35.5. The zero-order chi connectivity index (χ0) is 12.7. The van der Waals surface area contributed by atoms with Crippen molar-refractivity contribution >= 4 is 17.5 Å². The number of ether oxygens (including phenoxy) is 1. The maximum absolute atomic E-state index is 11.4. The van der Waals surface area contributed by atoms with E-state index < -0.39 is 0 Å². The Morgan fingerprint density at radius 2 is 2.35 bits per heavy atom. The van der Waals surface area contributed by atoms with Crippen LogP contribution in [0, 0.1) is 0 Å². The van der Waals surface area contributed by atoms with Gasteiger partial charge in [0.15, 0.2) is 0 Å². The van der Waals surface area contributed by atoms with Gasteiger partial charge in [0.25, 0.3) is 0 Å². The third-order valence-corrected chi connectivity index (χ3v) is 2.39. The van der Waals surface area contributed by atoms with Gasteiger partial charge in [0.1, 0.15) is 5.75 Å². The van der Waals surface area contributed by atoms with Gasteiger partial charge in [-0.15, -0.1) is 0 Å². The molecule has 0 saturated carbocycles. The van der Waals surface area contributed by atoms with Crippen molar-refractivity contribution in [2.45, 2.75) is 19.4 Å². The second-order valence-electron chi connectivity index (χ2n) is 3.76. The fourth-order valence-electron chi connectivity index (χ4n) is 1.22. The highest BCUT2D eigenvalue weighted by molar-refractivity contribution is 6.30. The maximum atomic E-state index is 11.4. The lowest BCUT2D eigenvalue weighted by Crippen LogP contribution is -2.38. The Labute approximate surface area is 106 Å². The van der Waals surface area contributed by atoms with Crippen LogP contribution in [0.3, 0.4) is 0 Å². The molecule has 0 aliphatic heterocycles. The number of carbonyl (C=O) groups excluding carboxylic acids is 1. The molecule has 0 fully saturated rings. The Kier molecular flexibility index (Phi) is 5.80. The van der Waals surface area contributed by atoms with Crippen molar-refractivity contribution in [2.75, 3.05) is 13.2 Å². The third-order valence-electron chi connectivity index (χ3n) is 2.15. The summed E-state index contributed by atoms with van der Waals surface area (Å²) < 4.78 is 5.40. The number of nitrogens with two attached hydrogens (primary N) is 1. The Hall–Kier alpha value is -1.26. The van der Waals surface area contributed by atoms with Gasteiger partial charge in [0.05, 0.1) is 13.0 Å². The average molecular weight is 257 g/mol. The first-order valence-corrected chi connectivity index (χ1v) is 5.87. The summed E-state index contributed by atoms with van der Waals surface area (Å²) in [5.41, 5.74) is 5.40. The summed E-state index contributed by atoms with van der Waals surface area (Å²) in [7, 11) is 0. The minimum atomic E-state index is -0.0648. The Bertz CT molecular complexity index is 371. The van der Waals surface area contributed by atoms with Crippen LogP contribution >= 0.6 is 11.6 Å². The van der Waals surface area contributed by atoms with Crippen LogP contribution in [0.25, 0.3) is 0 Å². The average Bonchev–Trinajstić information content (AvgIpc) is 2.29. The summed E-state index contributed by atoms with van der Waals surface area (Å²) in [4.78, 5) is 11.4. The molecule has 1 unspecified atom stereocenters. The summed E-state index contributed by atoms with van der Waals surface area (Å²) >= 11 is 5.80. The van der Waals surface area contributed by atoms with Crippen LogP contribution in [0.5, 0.6) is 5.75 Å². The van der Waals surface area contributed by atoms with Crippen LogP contribution in [-0.2, 0) is 4.79 Å². The molecule has 17 heavy (non-hydrogen) atoms. The maximum Gasteiger partial charge on any atom is 0.223 e. The summed E-state index contributed by atoms with van der Waals surface area (Å²) in [6.07, 6.45) is 0.302. The predicted octanol–water partition coefficient (Wildman–Crippen LogP) is 1.57. The van der Waals surface area contributed by atoms with E-state index in [1.165, 1.54) is 0 Å². The monoisotopic (exact) mass is 256 g/mol. The molecule has 1 amide bonds. The highest BCUT2D eigenvalue weighted by Crippen LogP contribution is 2.16. The van der Waals surface area contributed by atoms with Gasteiger partial charge < -0.3 is 15.8 Å². The molecule has 5 heteroatoms. The fraction of sp³-hybridized carbons (Fsp3) is 0.417. The first-order valence-electron chi connectivity index (χ1n) is 5.49. The van der Waals surface area contributed by atoms with Crippen molar-refractivity contribution in [1.82, 2.24) is 5.32 Å². The third kappa shape index (κ3) is 5.56. The van der Waals surface area contributed by atoms with Crippen LogP contribution < -0.4 is 15.8 Å². The van der Waals surface area contributed by atoms with Gasteiger partial charge in [-0.05, 0) is 25.1 Å². The predicted molar refractivity (Wildman–Crippen MR) is 68.2 cm³/mol. The van der Waals surface area contributed by atoms with E-state index in [-0.39, 0.29) is 11.9 Å². The van der Waals surface area contributed by atoms with Crippen molar-refractivity contribution in [3.63, 3.8) is 0 Å². The molecular formula is C12H17ClN2O2. The molecule has 1 rings (SSSR count). The molecule has 0 bridgehead atoms. The van der Waals surface area contributed by atoms with Crippen molar-refractivity contribution < 1.29 is 9.53 Å². The minimum Gasteiger partial charge on any atom is -0.493 e. The summed E-state index contributed by atoms with van der Waals surface area (Å²) in [5.74, 6) is 0.599. The van der Waals surface area contributed by atoms with Crippen molar-refractivity contribution in [3.05, 3.63) is 29.3 Å². The number of hydrogen-bond acceptors (Lipinski definition) is 3. The normalized spacial score (nSPS) is 11.9. The Morgan fingerprint density at radius 3 is 3.00 bits per heavy atom. The molecule has 3 N–H and O–H groups in total. The minimum absolute atomic E-state index is 0.00586. The molecule has 0 radical (unpaired) electrons. The molecular weight excluding hydrogens is 240 g/mol. The van der Waals surface area contributed by atoms with E-state index in [1.54, 1.807) is 24.3 Å². The van der Waals surface area contributed by atoms with E-state index in [2.05, 4.69) is 5.32 Å². The van der Waals surface area contributed by atoms with Gasteiger partial charge >= 0.3 is 0 Å². The van der Waals surface area contributed by atoms with Crippen LogP contribution in [0.2, 0.25) is 5.02 Å². The van der Waals surface area contributed by atoms with E-state index in [0.29, 0.717) is 30.3 Å². The number of amides is 1. The van der Waals surface area contributed by atoms with Gasteiger partial charge in [0.2, 0.25) is 5.91 Å². The number of rotatable bonds is 6. The lowest BCUT2D eigenvalue weighted by molar-refractivity contribution is -0.122. The van der Waals surface area contributed by atoms with E-state index >= 15 is 0 Å². The zero-order valence-electron chi connectivity index (χ0n) is 9.78. The standard InChI is InChI=1S/C12H17ClN2O2/c1-9(8-14)15-12(16)5-6-17-11-4-2-3-10(13)7-11/h2-4,7,9H,5-6,8,14H2,1H3,(H,15,16). The van der Waals surface area contributed by atoms with Crippen LogP contribution in [0.15, 0.2) is 24.3 Å². The molecule has 4 nitrogen and oxygen atoms in total. The van der Waals surface area contributed by atoms with Crippen molar-refractivity contribution in [1.29, 1.82) is 0 Å². The van der Waals surface area contributed by atoms with E-state index in [4.69, 9.17) is 22.1 Å². The molecule has 1 aromatic rings. The SMILES string of the molecule is CC(CN)NC(=O)CCOc1cccc(Cl)c1. The molecule has 1 aromatic carbocycles. The Morgan fingerprint density at radius 1 is 1.59 bits per heavy atom. The summed E-state index contributed by atoms with van der Waals surface area (Å²) in [6, 6.07) is 7.07. The van der Waals surface area contributed by atoms with Crippen LogP contribution in [0.4, 0.5) is 0 Å². The number of carbonyl (C=O) groups is 1. The van der Waals surface area contributed by atoms with E-state index in [1.807, 2.05) is 6.92 Å². The lowest BCUT2D eigenvalue weighted by atomic mass is 10.3. The van der Waals surface area contributed by atoms with Crippen LogP contribution in [-0.4, -0.2) is 25.1 Å². The molecule has 1 atom stereocenters. The van der Waals surface area contributed by atoms with Gasteiger partial charge in [0, 0.05) is 17.6 Å². The smallest absolute Gasteiger partial charge is 0.223 e. The number of hydrogen-bond donors (Lipinski definition) is 2. The van der Waals surface area contributed by atoms with Gasteiger partial charge in [-0.1, -0.05) is 17.7 Å². The molecule has 0 aliphatic rings. The lowest BCUT2D eigenvalue weighted by Gasteiger charge is -2.11. The highest BCUT2D eigenvalue weighted by Gasteiger charge is 2.05. The quantitative estimate of drug-likeness (QED) is 0.812. The Balaban J connectivity index is 2.26. The van der Waals surface area contributed by atoms with Gasteiger partial charge in [-0.3, -0.25) is 4.79 Å². The topological polar surface area (TPSA) is 64.3 Å². The first-order chi connectivity index (χ1) is 8.11. The molecule has 0 aliphatic carbocycles. The number of nitrogens with one attached hydrogen (secondary N) is 1. The molecule has 94 valence electrons.